The van der Waals surface area contributed by atoms with Gasteiger partial charge >= 0.3 is 0 Å². The van der Waals surface area contributed by atoms with Crippen LogP contribution in [0.4, 0.5) is 0 Å². The number of aliphatic hydroxyl groups excluding tert-OH is 1. The lowest BCUT2D eigenvalue weighted by Gasteiger charge is -2.01. The molecule has 3 N–H and O–H groups in total. The van der Waals surface area contributed by atoms with E-state index in [9.17, 15) is 5.11 Å². The fourth-order valence-electron chi connectivity index (χ4n) is 1.24. The molecule has 0 saturated heterocycles. The molecular weight excluding hydrogens is 180 g/mol. The first-order valence-electron chi connectivity index (χ1n) is 4.13. The third kappa shape index (κ3) is 1.78. The van der Waals surface area contributed by atoms with Gasteiger partial charge in [0.05, 0.1) is 0 Å². The number of hydrogen-bond acceptors (Lipinski definition) is 3. The van der Waals surface area contributed by atoms with Crippen molar-refractivity contribution in [1.29, 1.82) is 0 Å². The molecule has 14 heavy (non-hydrogen) atoms. The monoisotopic (exact) mass is 192 g/mol. The van der Waals surface area contributed by atoms with Gasteiger partial charge in [-0.1, -0.05) is 30.3 Å². The summed E-state index contributed by atoms with van der Waals surface area (Å²) in [6.45, 7) is 0. The largest absolute Gasteiger partial charge is 0.504 e. The molecule has 0 unspecified atom stereocenters. The zero-order valence-corrected chi connectivity index (χ0v) is 7.81. The third-order valence-corrected chi connectivity index (χ3v) is 1.88. The lowest BCUT2D eigenvalue weighted by atomic mass is 10.1. The molecule has 0 saturated carbocycles. The van der Waals surface area contributed by atoms with Gasteiger partial charge in [0.2, 0.25) is 0 Å². The number of phenols is 2. The van der Waals surface area contributed by atoms with Crippen molar-refractivity contribution in [2.24, 2.45) is 0 Å². The van der Waals surface area contributed by atoms with Gasteiger partial charge in [-0.15, -0.1) is 0 Å². The average molecular weight is 192 g/mol. The van der Waals surface area contributed by atoms with Crippen LogP contribution in [0.3, 0.4) is 0 Å². The van der Waals surface area contributed by atoms with E-state index in [0.717, 1.165) is 12.5 Å². The molecule has 3 heteroatoms. The summed E-state index contributed by atoms with van der Waals surface area (Å²) in [5.41, 5.74) is 0. The first-order valence-corrected chi connectivity index (χ1v) is 4.13. The van der Waals surface area contributed by atoms with Crippen LogP contribution < -0.4 is 0 Å². The molecule has 0 bridgehead atoms. The highest BCUT2D eigenvalue weighted by molar-refractivity contribution is 5.90. The van der Waals surface area contributed by atoms with Crippen LogP contribution in [0.2, 0.25) is 0 Å². The van der Waals surface area contributed by atoms with E-state index in [1.54, 1.807) is 12.1 Å². The Balaban J connectivity index is 0.000000461. The number of benzene rings is 2. The number of hydrogen-bond donors (Lipinski definition) is 3. The molecule has 74 valence electrons. The highest BCUT2D eigenvalue weighted by atomic mass is 16.3. The maximum Gasteiger partial charge on any atom is 0.165 e. The molecule has 0 aliphatic rings. The topological polar surface area (TPSA) is 60.7 Å². The van der Waals surface area contributed by atoms with Crippen LogP contribution >= 0.6 is 0 Å². The summed E-state index contributed by atoms with van der Waals surface area (Å²) in [7, 11) is 1.00. The van der Waals surface area contributed by atoms with Gasteiger partial charge < -0.3 is 15.3 Å². The van der Waals surface area contributed by atoms with Gasteiger partial charge in [0.15, 0.2) is 11.5 Å². The molecule has 0 aromatic heterocycles. The summed E-state index contributed by atoms with van der Waals surface area (Å²) < 4.78 is 0. The van der Waals surface area contributed by atoms with E-state index in [0.29, 0.717) is 5.39 Å². The number of aliphatic hydroxyl groups is 1. The molecule has 0 aliphatic carbocycles. The smallest absolute Gasteiger partial charge is 0.165 e. The zero-order valence-electron chi connectivity index (χ0n) is 7.81. The van der Waals surface area contributed by atoms with Crippen LogP contribution in [0.15, 0.2) is 36.4 Å². The van der Waals surface area contributed by atoms with E-state index in [2.05, 4.69) is 0 Å². The molecule has 2 rings (SSSR count). The molecule has 0 aliphatic heterocycles. The van der Waals surface area contributed by atoms with Crippen molar-refractivity contribution in [3.8, 4) is 11.5 Å². The molecule has 3 nitrogen and oxygen atoms in total. The second-order valence-corrected chi connectivity index (χ2v) is 2.65. The van der Waals surface area contributed by atoms with Gasteiger partial charge in [0, 0.05) is 12.5 Å². The molecule has 0 heterocycles. The summed E-state index contributed by atoms with van der Waals surface area (Å²) in [5.74, 6) is -0.123. The fourth-order valence-corrected chi connectivity index (χ4v) is 1.24. The lowest BCUT2D eigenvalue weighted by Crippen LogP contribution is -1.73. The van der Waals surface area contributed by atoms with Crippen molar-refractivity contribution in [2.75, 3.05) is 7.11 Å². The minimum atomic E-state index is -0.0753. The Kier molecular flexibility index (Phi) is 3.31. The predicted octanol–water partition coefficient (Wildman–Crippen LogP) is 1.86. The van der Waals surface area contributed by atoms with E-state index in [4.69, 9.17) is 10.2 Å². The second-order valence-electron chi connectivity index (χ2n) is 2.65. The quantitative estimate of drug-likeness (QED) is 0.558. The maximum absolute atomic E-state index is 9.41. The van der Waals surface area contributed by atoms with Crippen molar-refractivity contribution in [1.82, 2.24) is 0 Å². The van der Waals surface area contributed by atoms with Crippen LogP contribution in [-0.4, -0.2) is 22.4 Å². The molecular formula is C11H12O3. The van der Waals surface area contributed by atoms with Gasteiger partial charge in [-0.2, -0.15) is 0 Å². The molecule has 0 atom stereocenters. The van der Waals surface area contributed by atoms with Crippen LogP contribution in [0.1, 0.15) is 0 Å². The Morgan fingerprint density at radius 1 is 0.857 bits per heavy atom. The highest BCUT2D eigenvalue weighted by Gasteiger charge is 2.02. The number of rotatable bonds is 0. The van der Waals surface area contributed by atoms with E-state index in [1.807, 2.05) is 18.2 Å². The fraction of sp³-hybridized carbons (Fsp3) is 0.0909. The average Bonchev–Trinajstić information content (AvgIpc) is 2.27. The predicted molar refractivity (Wildman–Crippen MR) is 55.4 cm³/mol. The van der Waals surface area contributed by atoms with E-state index in [-0.39, 0.29) is 11.5 Å². The zero-order chi connectivity index (χ0) is 10.6. The molecule has 0 fully saturated rings. The van der Waals surface area contributed by atoms with E-state index < -0.39 is 0 Å². The Morgan fingerprint density at radius 3 is 2.21 bits per heavy atom. The van der Waals surface area contributed by atoms with Crippen molar-refractivity contribution in [3.05, 3.63) is 36.4 Å². The highest BCUT2D eigenvalue weighted by Crippen LogP contribution is 2.32. The van der Waals surface area contributed by atoms with Gasteiger partial charge in [-0.05, 0) is 11.5 Å². The summed E-state index contributed by atoms with van der Waals surface area (Å²) in [6.07, 6.45) is 0. The number of aromatic hydroxyl groups is 2. The third-order valence-electron chi connectivity index (χ3n) is 1.88. The van der Waals surface area contributed by atoms with Crippen LogP contribution in [0, 0.1) is 0 Å². The normalized spacial score (nSPS) is 9.29. The molecule has 0 radical (unpaired) electrons. The Bertz CT molecular complexity index is 424. The van der Waals surface area contributed by atoms with Crippen molar-refractivity contribution in [3.63, 3.8) is 0 Å². The Hall–Kier alpha value is -1.74. The van der Waals surface area contributed by atoms with E-state index >= 15 is 0 Å². The summed E-state index contributed by atoms with van der Waals surface area (Å²) in [4.78, 5) is 0. The number of fused-ring (bicyclic) bond motifs is 1. The van der Waals surface area contributed by atoms with Crippen molar-refractivity contribution < 1.29 is 15.3 Å². The standard InChI is InChI=1S/C10H8O2.CH4O/c11-9-6-5-7-3-1-2-4-8(7)10(9)12;1-2/h1-6,11-12H;2H,1H3. The van der Waals surface area contributed by atoms with Crippen molar-refractivity contribution >= 4 is 10.8 Å². The Labute approximate surface area is 81.9 Å². The van der Waals surface area contributed by atoms with Gasteiger partial charge in [-0.25, -0.2) is 0 Å². The summed E-state index contributed by atoms with van der Waals surface area (Å²) in [6, 6.07) is 10.6. The first kappa shape index (κ1) is 10.3. The maximum atomic E-state index is 9.41. The van der Waals surface area contributed by atoms with Gasteiger partial charge in [-0.3, -0.25) is 0 Å². The first-order chi connectivity index (χ1) is 6.79. The number of phenolic OH excluding ortho intramolecular Hbond substituents is 2. The minimum absolute atomic E-state index is 0.0481. The summed E-state index contributed by atoms with van der Waals surface area (Å²) >= 11 is 0. The second kappa shape index (κ2) is 4.48. The lowest BCUT2D eigenvalue weighted by molar-refractivity contribution is 0.399. The van der Waals surface area contributed by atoms with Gasteiger partial charge in [0.25, 0.3) is 0 Å². The molecule has 0 spiro atoms. The Morgan fingerprint density at radius 2 is 1.50 bits per heavy atom. The summed E-state index contributed by atoms with van der Waals surface area (Å²) in [5, 5.41) is 27.2. The van der Waals surface area contributed by atoms with Gasteiger partial charge in [0.1, 0.15) is 0 Å². The van der Waals surface area contributed by atoms with Crippen LogP contribution in [-0.2, 0) is 0 Å². The van der Waals surface area contributed by atoms with Crippen LogP contribution in [0.25, 0.3) is 10.8 Å². The van der Waals surface area contributed by atoms with Crippen LogP contribution in [0.5, 0.6) is 11.5 Å². The minimum Gasteiger partial charge on any atom is -0.504 e. The van der Waals surface area contributed by atoms with Crippen molar-refractivity contribution in [2.45, 2.75) is 0 Å². The molecule has 2 aromatic rings. The molecule has 2 aromatic carbocycles. The SMILES string of the molecule is CO.Oc1ccc2ccccc2c1O. The van der Waals surface area contributed by atoms with E-state index in [1.165, 1.54) is 6.07 Å². The molecule has 0 amide bonds.